The van der Waals surface area contributed by atoms with Crippen molar-refractivity contribution in [3.8, 4) is 5.75 Å². The summed E-state index contributed by atoms with van der Waals surface area (Å²) in [5, 5.41) is 0.409. The summed E-state index contributed by atoms with van der Waals surface area (Å²) in [6.07, 6.45) is 14.0. The van der Waals surface area contributed by atoms with Crippen LogP contribution in [-0.2, 0) is 26.3 Å². The van der Waals surface area contributed by atoms with E-state index in [1.165, 1.54) is 11.1 Å². The zero-order valence-electron chi connectivity index (χ0n) is 32.4. The van der Waals surface area contributed by atoms with Gasteiger partial charge in [-0.15, -0.1) is 0 Å². The third kappa shape index (κ3) is 7.49. The monoisotopic (exact) mass is 786 g/mol. The lowest BCUT2D eigenvalue weighted by Crippen LogP contribution is -2.59. The van der Waals surface area contributed by atoms with Crippen molar-refractivity contribution in [3.05, 3.63) is 88.7 Å². The summed E-state index contributed by atoms with van der Waals surface area (Å²) in [6.45, 7) is 10.4. The molecule has 0 radical (unpaired) electrons. The number of ether oxygens (including phenoxy) is 2. The Morgan fingerprint density at radius 1 is 1.07 bits per heavy atom. The summed E-state index contributed by atoms with van der Waals surface area (Å²) in [6, 6.07) is 13.8. The van der Waals surface area contributed by atoms with E-state index in [2.05, 4.69) is 66.5 Å². The fourth-order valence-electron chi connectivity index (χ4n) is 9.81. The van der Waals surface area contributed by atoms with E-state index in [1.54, 1.807) is 18.5 Å². The van der Waals surface area contributed by atoms with Crippen LogP contribution in [0.1, 0.15) is 67.4 Å². The second kappa shape index (κ2) is 15.4. The molecule has 5 aliphatic rings. The topological polar surface area (TPSA) is 100 Å². The van der Waals surface area contributed by atoms with Gasteiger partial charge >= 0.3 is 0 Å². The van der Waals surface area contributed by atoms with E-state index < -0.39 is 15.3 Å². The second-order valence-electron chi connectivity index (χ2n) is 16.7. The molecule has 1 amide bonds. The number of hydrogen-bond donors (Lipinski definition) is 1. The Hall–Kier alpha value is -3.64. The molecule has 12 heteroatoms. The Morgan fingerprint density at radius 3 is 2.62 bits per heavy atom. The Morgan fingerprint density at radius 2 is 1.87 bits per heavy atom. The Kier molecular flexibility index (Phi) is 10.7. The number of halogens is 1. The van der Waals surface area contributed by atoms with E-state index in [4.69, 9.17) is 21.1 Å². The van der Waals surface area contributed by atoms with Gasteiger partial charge in [0.15, 0.2) is 0 Å². The number of rotatable bonds is 4. The van der Waals surface area contributed by atoms with Gasteiger partial charge < -0.3 is 19.3 Å². The zero-order chi connectivity index (χ0) is 38.4. The van der Waals surface area contributed by atoms with Gasteiger partial charge in [0.1, 0.15) is 11.4 Å². The lowest BCUT2D eigenvalue weighted by molar-refractivity contribution is -0.0920. The van der Waals surface area contributed by atoms with Crippen LogP contribution < -0.4 is 19.3 Å². The van der Waals surface area contributed by atoms with Crippen LogP contribution in [0, 0.1) is 17.8 Å². The van der Waals surface area contributed by atoms with Crippen molar-refractivity contribution in [2.24, 2.45) is 17.8 Å². The van der Waals surface area contributed by atoms with E-state index in [9.17, 15) is 9.00 Å². The van der Waals surface area contributed by atoms with Crippen molar-refractivity contribution in [2.45, 2.75) is 68.6 Å². The molecule has 1 saturated carbocycles. The van der Waals surface area contributed by atoms with Crippen molar-refractivity contribution in [2.75, 3.05) is 69.3 Å². The SMILES string of the molecule is C=S1(=O)NC(=O)c2ccc3c(c2)N(C[C@@H]2CC[C@H]2[C@@](CN2CCN(c4ncccn4)CC2)(OC)/C=C/C[C@H](C)[C@H]1C)C[C@@]1(CCCc2cc(Cl)ccc21)CO3. The molecular formula is C43H55ClN6O4S. The fraction of sp³-hybridized carbons (Fsp3) is 0.535. The predicted molar refractivity (Wildman–Crippen MR) is 222 cm³/mol. The molecule has 3 aromatic rings. The van der Waals surface area contributed by atoms with Gasteiger partial charge in [-0.2, -0.15) is 0 Å². The number of benzene rings is 2. The molecular weight excluding hydrogens is 732 g/mol. The number of methoxy groups -OCH3 is 1. The Balaban J connectivity index is 1.16. The van der Waals surface area contributed by atoms with Crippen LogP contribution in [0.15, 0.2) is 67.0 Å². The highest BCUT2D eigenvalue weighted by Crippen LogP contribution is 2.49. The van der Waals surface area contributed by atoms with Gasteiger partial charge in [0.05, 0.1) is 22.0 Å². The van der Waals surface area contributed by atoms with Crippen LogP contribution in [-0.4, -0.2) is 101 Å². The highest BCUT2D eigenvalue weighted by molar-refractivity contribution is 7.99. The van der Waals surface area contributed by atoms with Crippen LogP contribution in [0.2, 0.25) is 5.02 Å². The zero-order valence-corrected chi connectivity index (χ0v) is 34.0. The lowest BCUT2D eigenvalue weighted by Gasteiger charge is -2.52. The Bertz CT molecular complexity index is 2020. The number of anilines is 2. The van der Waals surface area contributed by atoms with Gasteiger partial charge in [0.2, 0.25) is 5.95 Å². The van der Waals surface area contributed by atoms with Gasteiger partial charge in [0, 0.05) is 86.6 Å². The quantitative estimate of drug-likeness (QED) is 0.246. The van der Waals surface area contributed by atoms with Gasteiger partial charge in [-0.3, -0.25) is 14.4 Å². The Labute approximate surface area is 331 Å². The molecule has 8 rings (SSSR count). The minimum Gasteiger partial charge on any atom is -0.490 e. The van der Waals surface area contributed by atoms with Gasteiger partial charge in [-0.25, -0.2) is 14.2 Å². The summed E-state index contributed by atoms with van der Waals surface area (Å²) in [4.78, 5) is 30.1. The number of fused-ring (bicyclic) bond motifs is 4. The van der Waals surface area contributed by atoms with Crippen LogP contribution in [0.3, 0.4) is 0 Å². The molecule has 2 aromatic carbocycles. The smallest absolute Gasteiger partial charge is 0.262 e. The highest BCUT2D eigenvalue weighted by Gasteiger charge is 2.50. The predicted octanol–water partition coefficient (Wildman–Crippen LogP) is 6.18. The third-order valence-corrected chi connectivity index (χ3v) is 15.9. The minimum atomic E-state index is -2.97. The maximum Gasteiger partial charge on any atom is 0.262 e. The number of nitrogens with zero attached hydrogens (tertiary/aromatic N) is 5. The summed E-state index contributed by atoms with van der Waals surface area (Å²) in [5.74, 6) is 5.88. The maximum absolute atomic E-state index is 14.1. The van der Waals surface area contributed by atoms with Crippen LogP contribution in [0.5, 0.6) is 5.75 Å². The molecule has 294 valence electrons. The van der Waals surface area contributed by atoms with Gasteiger partial charge in [-0.05, 0) is 117 Å². The maximum atomic E-state index is 14.1. The van der Waals surface area contributed by atoms with Crippen molar-refractivity contribution >= 4 is 44.7 Å². The van der Waals surface area contributed by atoms with Crippen LogP contribution >= 0.6 is 11.6 Å². The largest absolute Gasteiger partial charge is 0.490 e. The number of carbonyl (C=O) groups excluding carboxylic acids is 1. The van der Waals surface area contributed by atoms with E-state index in [0.29, 0.717) is 24.5 Å². The summed E-state index contributed by atoms with van der Waals surface area (Å²) >= 11 is 6.53. The number of piperazine rings is 1. The molecule has 7 atom stereocenters. The molecule has 1 saturated heterocycles. The molecule has 10 nitrogen and oxygen atoms in total. The number of amides is 1. The molecule has 1 aromatic heterocycles. The molecule has 1 N–H and O–H groups in total. The molecule has 1 unspecified atom stereocenters. The molecule has 3 aliphatic heterocycles. The van der Waals surface area contributed by atoms with E-state index in [0.717, 1.165) is 100 Å². The van der Waals surface area contributed by atoms with Gasteiger partial charge in [0.25, 0.3) is 5.91 Å². The second-order valence-corrected chi connectivity index (χ2v) is 19.5. The number of carbonyl (C=O) groups is 1. The standard InChI is InChI=1S/C43H55ClN6O4S/c1-30-8-5-17-43(53-3,28-48-20-22-49(23-21-48)41-45-18-7-19-46-41)37-13-10-34(37)26-50-27-42(16-6-9-32-24-35(44)12-14-36(32)42)29-54-39-15-11-33(25-38(39)50)40(51)47-55(4,52)31(30)2/h5,7,11-12,14-15,17-19,24-25,30-31,34,37H,4,6,8-10,13,16,20-23,26-29H2,1-3H3,(H,47,51,52)/b17-5+/t30-,31+,34-,37+,42-,43+,55?/m0/s1. The first-order chi connectivity index (χ1) is 26.5. The van der Waals surface area contributed by atoms with Gasteiger partial charge in [-0.1, -0.05) is 36.7 Å². The number of aryl methyl sites for hydroxylation is 1. The first-order valence-electron chi connectivity index (χ1n) is 20.0. The molecule has 2 fully saturated rings. The average molecular weight is 787 g/mol. The number of allylic oxidation sites excluding steroid dienone is 1. The van der Waals surface area contributed by atoms with Crippen LogP contribution in [0.25, 0.3) is 0 Å². The van der Waals surface area contributed by atoms with E-state index in [1.807, 2.05) is 38.3 Å². The summed E-state index contributed by atoms with van der Waals surface area (Å²) in [7, 11) is -1.10. The number of aromatic nitrogens is 2. The average Bonchev–Trinajstić information content (AvgIpc) is 3.32. The first kappa shape index (κ1) is 38.2. The minimum absolute atomic E-state index is 0.0102. The van der Waals surface area contributed by atoms with Crippen LogP contribution in [0.4, 0.5) is 11.6 Å². The molecule has 1 spiro atoms. The lowest BCUT2D eigenvalue weighted by atomic mass is 9.63. The van der Waals surface area contributed by atoms with E-state index >= 15 is 0 Å². The molecule has 2 bridgehead atoms. The molecule has 55 heavy (non-hydrogen) atoms. The number of hydrogen-bond acceptors (Lipinski definition) is 9. The molecule has 4 heterocycles. The van der Waals surface area contributed by atoms with Crippen molar-refractivity contribution in [1.82, 2.24) is 19.6 Å². The van der Waals surface area contributed by atoms with Crippen molar-refractivity contribution in [3.63, 3.8) is 0 Å². The third-order valence-electron chi connectivity index (χ3n) is 13.4. The normalized spacial score (nSPS) is 33.3. The fourth-order valence-corrected chi connectivity index (χ4v) is 11.5. The summed E-state index contributed by atoms with van der Waals surface area (Å²) in [5.41, 5.74) is 3.19. The number of nitrogens with one attached hydrogen (secondary N) is 1. The van der Waals surface area contributed by atoms with Crippen molar-refractivity contribution in [1.29, 1.82) is 0 Å². The highest BCUT2D eigenvalue weighted by atomic mass is 35.5. The summed E-state index contributed by atoms with van der Waals surface area (Å²) < 4.78 is 30.4. The van der Waals surface area contributed by atoms with Crippen molar-refractivity contribution < 1.29 is 18.5 Å². The first-order valence-corrected chi connectivity index (χ1v) is 22.1. The molecule has 2 aliphatic carbocycles. The van der Waals surface area contributed by atoms with E-state index in [-0.39, 0.29) is 28.4 Å².